The lowest BCUT2D eigenvalue weighted by Gasteiger charge is -2.18. The molecule has 3 rings (SSSR count). The van der Waals surface area contributed by atoms with Crippen molar-refractivity contribution >= 4 is 0 Å². The number of rotatable bonds is 2. The lowest BCUT2D eigenvalue weighted by Crippen LogP contribution is -2.17. The van der Waals surface area contributed by atoms with Crippen LogP contribution >= 0.6 is 0 Å². The topological polar surface area (TPSA) is 47.3 Å². The third kappa shape index (κ3) is 2.87. The van der Waals surface area contributed by atoms with E-state index in [1.807, 2.05) is 0 Å². The molecule has 1 aliphatic carbocycles. The van der Waals surface area contributed by atoms with E-state index >= 15 is 0 Å². The molecule has 1 aromatic heterocycles. The number of hydrogen-bond acceptors (Lipinski definition) is 3. The van der Waals surface area contributed by atoms with Crippen LogP contribution in [-0.4, -0.2) is 21.2 Å². The van der Waals surface area contributed by atoms with Crippen LogP contribution in [0.1, 0.15) is 30.2 Å². The van der Waals surface area contributed by atoms with Gasteiger partial charge >= 0.3 is 6.36 Å². The number of nitrogens with zero attached hydrogens (tertiary/aromatic N) is 2. The molecule has 0 radical (unpaired) electrons. The molecule has 1 heterocycles. The maximum Gasteiger partial charge on any atom is 0.573 e. The minimum atomic E-state index is -4.70. The van der Waals surface area contributed by atoms with Crippen LogP contribution < -0.4 is 4.74 Å². The Bertz CT molecular complexity index is 635. The first-order chi connectivity index (χ1) is 9.94. The van der Waals surface area contributed by atoms with Crippen LogP contribution in [-0.2, 0) is 6.42 Å². The monoisotopic (exact) mass is 298 g/mol. The summed E-state index contributed by atoms with van der Waals surface area (Å²) >= 11 is 0. The molecule has 0 saturated carbocycles. The fraction of sp³-hybridized carbons (Fsp3) is 0.357. The van der Waals surface area contributed by atoms with Crippen molar-refractivity contribution < 1.29 is 23.0 Å². The molecular formula is C14H13F3N2O2. The molecule has 1 aliphatic rings. The highest BCUT2D eigenvalue weighted by Gasteiger charge is 2.31. The van der Waals surface area contributed by atoms with Gasteiger partial charge in [-0.05, 0) is 43.5 Å². The number of benzene rings is 1. The average molecular weight is 298 g/mol. The van der Waals surface area contributed by atoms with E-state index in [0.717, 1.165) is 24.1 Å². The van der Waals surface area contributed by atoms with Gasteiger partial charge in [-0.2, -0.15) is 5.10 Å². The van der Waals surface area contributed by atoms with Gasteiger partial charge in [-0.15, -0.1) is 13.2 Å². The van der Waals surface area contributed by atoms with Crippen molar-refractivity contribution in [2.45, 2.75) is 31.7 Å². The van der Waals surface area contributed by atoms with Gasteiger partial charge in [0.1, 0.15) is 5.75 Å². The van der Waals surface area contributed by atoms with Crippen molar-refractivity contribution in [2.24, 2.45) is 0 Å². The molecule has 7 heteroatoms. The fourth-order valence-electron chi connectivity index (χ4n) is 2.54. The molecule has 0 aliphatic heterocycles. The Balaban J connectivity index is 1.88. The van der Waals surface area contributed by atoms with Crippen LogP contribution in [0.2, 0.25) is 0 Å². The molecule has 0 amide bonds. The average Bonchev–Trinajstić information content (AvgIpc) is 2.83. The summed E-state index contributed by atoms with van der Waals surface area (Å²) in [6, 6.07) is 5.51. The molecule has 0 fully saturated rings. The first kappa shape index (κ1) is 13.9. The van der Waals surface area contributed by atoms with E-state index in [2.05, 4.69) is 9.84 Å². The van der Waals surface area contributed by atoms with Gasteiger partial charge in [0.25, 0.3) is 0 Å². The van der Waals surface area contributed by atoms with Crippen molar-refractivity contribution in [2.75, 3.05) is 0 Å². The van der Waals surface area contributed by atoms with Crippen molar-refractivity contribution in [3.63, 3.8) is 0 Å². The highest BCUT2D eigenvalue weighted by atomic mass is 19.4. The minimum absolute atomic E-state index is 0.271. The zero-order valence-electron chi connectivity index (χ0n) is 11.0. The Morgan fingerprint density at radius 3 is 2.62 bits per heavy atom. The summed E-state index contributed by atoms with van der Waals surface area (Å²) in [4.78, 5) is 0. The van der Waals surface area contributed by atoms with Crippen LogP contribution in [0.4, 0.5) is 13.2 Å². The van der Waals surface area contributed by atoms with E-state index in [1.165, 1.54) is 24.3 Å². The summed E-state index contributed by atoms with van der Waals surface area (Å²) in [7, 11) is 0. The van der Waals surface area contributed by atoms with Gasteiger partial charge in [0, 0.05) is 5.56 Å². The quantitative estimate of drug-likeness (QED) is 0.926. The van der Waals surface area contributed by atoms with Gasteiger partial charge in [0.2, 0.25) is 0 Å². The summed E-state index contributed by atoms with van der Waals surface area (Å²) in [5.74, 6) is -0.271. The summed E-state index contributed by atoms with van der Waals surface area (Å²) in [6.07, 6.45) is -1.26. The molecular weight excluding hydrogens is 285 g/mol. The fourth-order valence-corrected chi connectivity index (χ4v) is 2.54. The van der Waals surface area contributed by atoms with Gasteiger partial charge in [-0.25, -0.2) is 4.68 Å². The molecule has 1 aromatic carbocycles. The summed E-state index contributed by atoms with van der Waals surface area (Å²) in [5.41, 5.74) is 2.33. The minimum Gasteiger partial charge on any atom is -0.406 e. The second-order valence-electron chi connectivity index (χ2n) is 4.91. The summed E-state index contributed by atoms with van der Waals surface area (Å²) < 4.78 is 41.8. The highest BCUT2D eigenvalue weighted by Crippen LogP contribution is 2.31. The summed E-state index contributed by atoms with van der Waals surface area (Å²) in [6.45, 7) is 0. The molecule has 4 nitrogen and oxygen atoms in total. The third-order valence-corrected chi connectivity index (χ3v) is 3.47. The van der Waals surface area contributed by atoms with Crippen molar-refractivity contribution in [1.82, 2.24) is 9.78 Å². The van der Waals surface area contributed by atoms with Gasteiger partial charge in [0.15, 0.2) is 0 Å². The standard InChI is InChI=1S/C14H13F3N2O2/c15-14(16,17)21-10-6-4-9(5-7-10)19-12-2-1-3-13(20)11(12)8-18-19/h4-8,13,20H,1-3H2. The smallest absolute Gasteiger partial charge is 0.406 e. The number of hydrogen-bond donors (Lipinski definition) is 1. The van der Waals surface area contributed by atoms with E-state index in [-0.39, 0.29) is 5.75 Å². The molecule has 2 aromatic rings. The lowest BCUT2D eigenvalue weighted by molar-refractivity contribution is -0.274. The molecule has 1 N–H and O–H groups in total. The molecule has 21 heavy (non-hydrogen) atoms. The van der Waals surface area contributed by atoms with E-state index in [0.29, 0.717) is 12.1 Å². The molecule has 0 saturated heterocycles. The first-order valence-electron chi connectivity index (χ1n) is 6.55. The van der Waals surface area contributed by atoms with Gasteiger partial charge in [-0.3, -0.25) is 0 Å². The largest absolute Gasteiger partial charge is 0.573 e. The lowest BCUT2D eigenvalue weighted by atomic mass is 9.95. The van der Waals surface area contributed by atoms with Gasteiger partial charge < -0.3 is 9.84 Å². The Morgan fingerprint density at radius 2 is 1.95 bits per heavy atom. The highest BCUT2D eigenvalue weighted by molar-refractivity contribution is 5.40. The van der Waals surface area contributed by atoms with Gasteiger partial charge in [-0.1, -0.05) is 0 Å². The Hall–Kier alpha value is -2.02. The Morgan fingerprint density at radius 1 is 1.24 bits per heavy atom. The van der Waals surface area contributed by atoms with E-state index in [9.17, 15) is 18.3 Å². The van der Waals surface area contributed by atoms with E-state index in [1.54, 1.807) is 10.9 Å². The number of aromatic nitrogens is 2. The van der Waals surface area contributed by atoms with E-state index < -0.39 is 12.5 Å². The first-order valence-corrected chi connectivity index (χ1v) is 6.55. The zero-order chi connectivity index (χ0) is 15.0. The number of alkyl halides is 3. The molecule has 112 valence electrons. The number of aliphatic hydroxyl groups is 1. The van der Waals surface area contributed by atoms with Crippen molar-refractivity contribution in [3.05, 3.63) is 41.7 Å². The number of aliphatic hydroxyl groups excluding tert-OH is 1. The van der Waals surface area contributed by atoms with Crippen molar-refractivity contribution in [1.29, 1.82) is 0 Å². The molecule has 1 atom stereocenters. The maximum atomic E-state index is 12.1. The SMILES string of the molecule is OC1CCCc2c1cnn2-c1ccc(OC(F)(F)F)cc1. The van der Waals surface area contributed by atoms with E-state index in [4.69, 9.17) is 0 Å². The zero-order valence-corrected chi connectivity index (χ0v) is 11.0. The normalized spacial score (nSPS) is 18.4. The maximum absolute atomic E-state index is 12.1. The second-order valence-corrected chi connectivity index (χ2v) is 4.91. The van der Waals surface area contributed by atoms with Crippen LogP contribution in [0.3, 0.4) is 0 Å². The third-order valence-electron chi connectivity index (χ3n) is 3.47. The van der Waals surface area contributed by atoms with Crippen LogP contribution in [0.25, 0.3) is 5.69 Å². The molecule has 0 bridgehead atoms. The Kier molecular flexibility index (Phi) is 3.36. The predicted molar refractivity (Wildman–Crippen MR) is 68.1 cm³/mol. The van der Waals surface area contributed by atoms with Crippen LogP contribution in [0.5, 0.6) is 5.75 Å². The number of fused-ring (bicyclic) bond motifs is 1. The number of halogens is 3. The molecule has 1 unspecified atom stereocenters. The van der Waals surface area contributed by atoms with Crippen LogP contribution in [0, 0.1) is 0 Å². The summed E-state index contributed by atoms with van der Waals surface area (Å²) in [5, 5.41) is 14.1. The Labute approximate surface area is 118 Å². The number of ether oxygens (including phenoxy) is 1. The van der Waals surface area contributed by atoms with Crippen molar-refractivity contribution in [3.8, 4) is 11.4 Å². The predicted octanol–water partition coefficient (Wildman–Crippen LogP) is 3.14. The second kappa shape index (κ2) is 5.07. The molecule has 0 spiro atoms. The van der Waals surface area contributed by atoms with Gasteiger partial charge in [0.05, 0.1) is 23.7 Å². The van der Waals surface area contributed by atoms with Crippen LogP contribution in [0.15, 0.2) is 30.5 Å².